The van der Waals surface area contributed by atoms with Gasteiger partial charge in [-0.1, -0.05) is 0 Å². The third kappa shape index (κ3) is 79.0. The van der Waals surface area contributed by atoms with Gasteiger partial charge in [-0.15, -0.1) is 0 Å². The fourth-order valence-corrected chi connectivity index (χ4v) is 0. The van der Waals surface area contributed by atoms with E-state index in [0.717, 1.165) is 0 Å². The summed E-state index contributed by atoms with van der Waals surface area (Å²) in [6, 6.07) is 0. The van der Waals surface area contributed by atoms with Gasteiger partial charge in [0, 0.05) is 0 Å². The molecule has 0 saturated heterocycles. The van der Waals surface area contributed by atoms with E-state index in [9.17, 15) is 0 Å². The number of hydrogen-bond acceptors (Lipinski definition) is 1. The molecular formula is H12AlCaKMgO4Si. The second kappa shape index (κ2) is 29.8. The molecule has 9 heteroatoms. The fourth-order valence-electron chi connectivity index (χ4n) is 0. The summed E-state index contributed by atoms with van der Waals surface area (Å²) in [6.07, 6.45) is 0. The molecule has 4 N–H and O–H groups in total. The quantitative estimate of drug-likeness (QED) is 0.409. The zero-order valence-electron chi connectivity index (χ0n) is 9.72. The number of hydrogen-bond donors (Lipinski definition) is 2. The third-order valence-corrected chi connectivity index (χ3v) is 0. The summed E-state index contributed by atoms with van der Waals surface area (Å²) in [4.78, 5) is 14.3. The Morgan fingerprint density at radius 1 is 1.33 bits per heavy atom. The van der Waals surface area contributed by atoms with Crippen LogP contribution in [-0.2, 0) is 4.46 Å². The van der Waals surface area contributed by atoms with Gasteiger partial charge >= 0.3 is 121 Å². The molecule has 0 amide bonds. The Bertz CT molecular complexity index is 56.7. The molecule has 0 unspecified atom stereocenters. The van der Waals surface area contributed by atoms with Crippen LogP contribution in [0.5, 0.6) is 0 Å². The van der Waals surface area contributed by atoms with Crippen LogP contribution in [0.1, 0.15) is 7.13 Å². The van der Waals surface area contributed by atoms with Crippen LogP contribution in [0.25, 0.3) is 0 Å². The minimum Gasteiger partial charge on any atom is -1.00 e. The minimum absolute atomic E-state index is 0. The summed E-state index contributed by atoms with van der Waals surface area (Å²) in [6.45, 7) is 0. The Kier molecular flexibility index (Phi) is 128. The number of rotatable bonds is 0. The molecule has 0 bridgehead atoms. The van der Waals surface area contributed by atoms with Crippen LogP contribution in [-0.4, -0.2) is 102 Å². The van der Waals surface area contributed by atoms with E-state index in [4.69, 9.17) is 14.1 Å². The summed E-state index contributed by atoms with van der Waals surface area (Å²) < 4.78 is 8.74. The first kappa shape index (κ1) is 38.6. The van der Waals surface area contributed by atoms with Crippen LogP contribution in [0.2, 0.25) is 0 Å². The van der Waals surface area contributed by atoms with Crippen LogP contribution in [0.3, 0.4) is 0 Å². The monoisotopic (exact) mass is 234 g/mol. The standard InChI is InChI=1S/Al.Ca.K.Mg.H2O3Si.H2O.8H/c;;;;1-4(2)3;;;;;;;;;/h;;;;1-2H;1H2;;;;;;;;/q;+2;+1;+2;;;;;;5*-1. The first-order valence-electron chi connectivity index (χ1n) is 0.651. The van der Waals surface area contributed by atoms with Gasteiger partial charge in [-0.05, 0) is 0 Å². The second-order valence-electron chi connectivity index (χ2n) is 0.283. The summed E-state index contributed by atoms with van der Waals surface area (Å²) in [5.74, 6) is 0. The fraction of sp³-hybridized carbons (Fsp3) is 0. The van der Waals surface area contributed by atoms with Crippen molar-refractivity contribution in [1.29, 1.82) is 0 Å². The molecule has 4 nitrogen and oxygen atoms in total. The van der Waals surface area contributed by atoms with E-state index in [1.54, 1.807) is 0 Å². The van der Waals surface area contributed by atoms with Gasteiger partial charge in [0.1, 0.15) is 0 Å². The first-order valence-corrected chi connectivity index (χ1v) is 1.95. The van der Waals surface area contributed by atoms with Gasteiger partial charge in [0.2, 0.25) is 0 Å². The van der Waals surface area contributed by atoms with Crippen molar-refractivity contribution in [3.63, 3.8) is 0 Å². The Labute approximate surface area is 162 Å². The molecule has 0 spiro atoms. The van der Waals surface area contributed by atoms with Crippen molar-refractivity contribution in [1.82, 2.24) is 0 Å². The molecular weight excluding hydrogens is 223 g/mol. The van der Waals surface area contributed by atoms with Gasteiger partial charge in [0.05, 0.1) is 0 Å². The van der Waals surface area contributed by atoms with E-state index < -0.39 is 9.17 Å². The zero-order valence-corrected chi connectivity index (χ0v) is 12.5. The minimum atomic E-state index is -3.13. The van der Waals surface area contributed by atoms with E-state index in [0.29, 0.717) is 0 Å². The maximum Gasteiger partial charge on any atom is 2.00 e. The van der Waals surface area contributed by atoms with Crippen LogP contribution in [0, 0.1) is 0 Å². The molecule has 48 valence electrons. The molecule has 0 rings (SSSR count). The van der Waals surface area contributed by atoms with Crippen molar-refractivity contribution in [3.8, 4) is 0 Å². The van der Waals surface area contributed by atoms with Gasteiger partial charge in [-0.3, -0.25) is 4.46 Å². The maximum atomic E-state index is 8.74. The van der Waals surface area contributed by atoms with E-state index in [1.165, 1.54) is 0 Å². The molecule has 0 atom stereocenters. The van der Waals surface area contributed by atoms with E-state index in [1.807, 2.05) is 0 Å². The second-order valence-corrected chi connectivity index (χ2v) is 0.848. The molecule has 0 heterocycles. The molecule has 0 aromatic rings. The summed E-state index contributed by atoms with van der Waals surface area (Å²) in [7, 11) is -3.13. The largest absolute Gasteiger partial charge is 2.00 e. The molecule has 9 heavy (non-hydrogen) atoms. The van der Waals surface area contributed by atoms with Crippen LogP contribution in [0.15, 0.2) is 0 Å². The SMILES string of the molecule is O.O=[Si](O)O.[AlH3].[Ca+2].[H-].[H-].[H-].[H-].[H-].[K+].[Mg+2]. The van der Waals surface area contributed by atoms with Crippen LogP contribution in [0.4, 0.5) is 0 Å². The van der Waals surface area contributed by atoms with Crippen molar-refractivity contribution in [2.75, 3.05) is 0 Å². The summed E-state index contributed by atoms with van der Waals surface area (Å²) in [5.41, 5.74) is 0. The molecule has 0 radical (unpaired) electrons. The Morgan fingerprint density at radius 2 is 1.33 bits per heavy atom. The van der Waals surface area contributed by atoms with Crippen LogP contribution >= 0.6 is 0 Å². The van der Waals surface area contributed by atoms with Gasteiger partial charge in [-0.25, -0.2) is 0 Å². The van der Waals surface area contributed by atoms with Crippen molar-refractivity contribution in [3.05, 3.63) is 0 Å². The van der Waals surface area contributed by atoms with Gasteiger partial charge in [-0.2, -0.15) is 0 Å². The van der Waals surface area contributed by atoms with E-state index in [2.05, 4.69) is 0 Å². The Balaban J connectivity index is -0.000000001000. The smallest absolute Gasteiger partial charge is 1.00 e. The summed E-state index contributed by atoms with van der Waals surface area (Å²) >= 11 is 0. The van der Waals surface area contributed by atoms with Gasteiger partial charge < -0.3 is 22.2 Å². The topological polar surface area (TPSA) is 89.0 Å². The molecule has 0 aromatic carbocycles. The normalized spacial score (nSPS) is 2.67. The van der Waals surface area contributed by atoms with E-state index >= 15 is 0 Å². The molecule has 0 aliphatic heterocycles. The van der Waals surface area contributed by atoms with Gasteiger partial charge in [0.15, 0.2) is 17.4 Å². The van der Waals surface area contributed by atoms with Crippen molar-refractivity contribution in [2.24, 2.45) is 0 Å². The Morgan fingerprint density at radius 3 is 1.33 bits per heavy atom. The van der Waals surface area contributed by atoms with Crippen molar-refractivity contribution >= 4 is 87.3 Å². The van der Waals surface area contributed by atoms with Gasteiger partial charge in [0.25, 0.3) is 0 Å². The van der Waals surface area contributed by atoms with Crippen molar-refractivity contribution in [2.45, 2.75) is 0 Å². The predicted molar refractivity (Wildman–Crippen MR) is 41.5 cm³/mol. The molecule has 0 aromatic heterocycles. The maximum absolute atomic E-state index is 8.74. The predicted octanol–water partition coefficient (Wildman–Crippen LogP) is -6.82. The molecule has 0 aliphatic carbocycles. The first-order chi connectivity index (χ1) is 1.73. The third-order valence-electron chi connectivity index (χ3n) is 0. The molecule has 0 aliphatic rings. The van der Waals surface area contributed by atoms with Crippen LogP contribution < -0.4 is 51.4 Å². The zero-order chi connectivity index (χ0) is 3.58. The Hall–Kier alpha value is 3.77. The molecule has 0 fully saturated rings. The average Bonchev–Trinajstić information content (AvgIpc) is 0.811. The van der Waals surface area contributed by atoms with Crippen molar-refractivity contribution < 1.29 is 78.0 Å². The average molecular weight is 235 g/mol. The molecule has 0 saturated carbocycles. The van der Waals surface area contributed by atoms with E-state index in [-0.39, 0.29) is 142 Å². The summed E-state index contributed by atoms with van der Waals surface area (Å²) in [5, 5.41) is 0.